The van der Waals surface area contributed by atoms with Crippen LogP contribution in [-0.4, -0.2) is 31.2 Å². The fourth-order valence-electron chi connectivity index (χ4n) is 2.87. The van der Waals surface area contributed by atoms with Crippen molar-refractivity contribution in [1.82, 2.24) is 5.43 Å². The molecule has 1 saturated heterocycles. The molecule has 6 nitrogen and oxygen atoms in total. The first kappa shape index (κ1) is 19.1. The third kappa shape index (κ3) is 4.95. The van der Waals surface area contributed by atoms with Crippen molar-refractivity contribution >= 4 is 39.6 Å². The molecule has 1 aliphatic heterocycles. The first-order valence-corrected chi connectivity index (χ1v) is 9.48. The molecule has 7 heteroatoms. The maximum atomic E-state index is 12.3. The van der Waals surface area contributed by atoms with Gasteiger partial charge >= 0.3 is 0 Å². The summed E-state index contributed by atoms with van der Waals surface area (Å²) in [6.45, 7) is 2.84. The van der Waals surface area contributed by atoms with Gasteiger partial charge in [-0.1, -0.05) is 28.1 Å². The first-order valence-electron chi connectivity index (χ1n) is 8.68. The summed E-state index contributed by atoms with van der Waals surface area (Å²) in [6, 6.07) is 14.9. The van der Waals surface area contributed by atoms with Crippen LogP contribution >= 0.6 is 15.9 Å². The summed E-state index contributed by atoms with van der Waals surface area (Å²) < 4.78 is 6.35. The number of halogens is 1. The minimum atomic E-state index is -0.427. The van der Waals surface area contributed by atoms with Crippen molar-refractivity contribution in [3.63, 3.8) is 0 Å². The molecule has 0 bridgehead atoms. The molecule has 0 radical (unpaired) electrons. The van der Waals surface area contributed by atoms with Gasteiger partial charge in [-0.05, 0) is 48.9 Å². The van der Waals surface area contributed by atoms with E-state index >= 15 is 0 Å². The van der Waals surface area contributed by atoms with Crippen LogP contribution in [0.2, 0.25) is 0 Å². The van der Waals surface area contributed by atoms with E-state index in [9.17, 15) is 9.59 Å². The Balaban J connectivity index is 1.58. The van der Waals surface area contributed by atoms with Crippen molar-refractivity contribution in [2.45, 2.75) is 13.3 Å². The number of hydrogen-bond acceptors (Lipinski definition) is 4. The molecular formula is C20H20BrN3O3. The van der Waals surface area contributed by atoms with Gasteiger partial charge in [-0.2, -0.15) is 5.10 Å². The van der Waals surface area contributed by atoms with E-state index in [-0.39, 0.29) is 18.2 Å². The number of nitrogens with zero attached hydrogens (tertiary/aromatic N) is 2. The van der Waals surface area contributed by atoms with Gasteiger partial charge in [0.05, 0.1) is 18.7 Å². The lowest BCUT2D eigenvalue weighted by Crippen LogP contribution is -2.30. The van der Waals surface area contributed by atoms with Crippen LogP contribution in [-0.2, 0) is 9.59 Å². The Labute approximate surface area is 166 Å². The number of nitrogens with one attached hydrogen (secondary N) is 1. The highest BCUT2D eigenvalue weighted by Crippen LogP contribution is 2.27. The normalized spacial score (nSPS) is 16.7. The maximum absolute atomic E-state index is 12.3. The van der Waals surface area contributed by atoms with Crippen molar-refractivity contribution in [3.8, 4) is 5.75 Å². The van der Waals surface area contributed by atoms with Crippen LogP contribution < -0.4 is 15.1 Å². The SMILES string of the molecule is CCOc1ccc(N2C[C@H](C(=O)N/N=C\c3cccc(Br)c3)CC2=O)cc1. The average molecular weight is 430 g/mol. The second kappa shape index (κ2) is 8.81. The van der Waals surface area contributed by atoms with Crippen LogP contribution in [0.5, 0.6) is 5.75 Å². The van der Waals surface area contributed by atoms with Gasteiger partial charge in [0.15, 0.2) is 0 Å². The number of anilines is 1. The van der Waals surface area contributed by atoms with Gasteiger partial charge in [0.25, 0.3) is 0 Å². The van der Waals surface area contributed by atoms with Gasteiger partial charge in [-0.15, -0.1) is 0 Å². The summed E-state index contributed by atoms with van der Waals surface area (Å²) >= 11 is 3.39. The molecule has 1 aliphatic rings. The van der Waals surface area contributed by atoms with Gasteiger partial charge in [0, 0.05) is 23.1 Å². The molecule has 2 aromatic carbocycles. The summed E-state index contributed by atoms with van der Waals surface area (Å²) in [5, 5.41) is 3.99. The van der Waals surface area contributed by atoms with Crippen molar-refractivity contribution in [2.75, 3.05) is 18.1 Å². The van der Waals surface area contributed by atoms with Crippen LogP contribution in [0.25, 0.3) is 0 Å². The summed E-state index contributed by atoms with van der Waals surface area (Å²) in [7, 11) is 0. The van der Waals surface area contributed by atoms with E-state index in [1.165, 1.54) is 0 Å². The fourth-order valence-corrected chi connectivity index (χ4v) is 3.29. The Bertz CT molecular complexity index is 852. The minimum Gasteiger partial charge on any atom is -0.494 e. The van der Waals surface area contributed by atoms with Gasteiger partial charge in [0.1, 0.15) is 5.75 Å². The van der Waals surface area contributed by atoms with E-state index in [0.717, 1.165) is 21.5 Å². The number of benzene rings is 2. The number of carbonyl (C=O) groups is 2. The monoisotopic (exact) mass is 429 g/mol. The molecule has 3 rings (SSSR count). The molecule has 1 N–H and O–H groups in total. The van der Waals surface area contributed by atoms with E-state index in [4.69, 9.17) is 4.74 Å². The van der Waals surface area contributed by atoms with Gasteiger partial charge < -0.3 is 9.64 Å². The molecule has 1 heterocycles. The molecule has 0 aliphatic carbocycles. The Morgan fingerprint density at radius 2 is 2.11 bits per heavy atom. The Kier molecular flexibility index (Phi) is 6.24. The van der Waals surface area contributed by atoms with Crippen molar-refractivity contribution in [1.29, 1.82) is 0 Å². The smallest absolute Gasteiger partial charge is 0.245 e. The van der Waals surface area contributed by atoms with Crippen LogP contribution in [0.4, 0.5) is 5.69 Å². The maximum Gasteiger partial charge on any atom is 0.245 e. The Morgan fingerprint density at radius 1 is 1.33 bits per heavy atom. The zero-order chi connectivity index (χ0) is 19.2. The summed E-state index contributed by atoms with van der Waals surface area (Å²) in [5.41, 5.74) is 4.15. The van der Waals surface area contributed by atoms with E-state index in [0.29, 0.717) is 13.2 Å². The van der Waals surface area contributed by atoms with Crippen LogP contribution in [0.15, 0.2) is 58.1 Å². The number of rotatable bonds is 6. The second-order valence-electron chi connectivity index (χ2n) is 6.12. The van der Waals surface area contributed by atoms with E-state index in [1.54, 1.807) is 11.1 Å². The Morgan fingerprint density at radius 3 is 2.81 bits per heavy atom. The first-order chi connectivity index (χ1) is 13.1. The molecule has 0 aromatic heterocycles. The molecule has 0 unspecified atom stereocenters. The summed E-state index contributed by atoms with van der Waals surface area (Å²) in [4.78, 5) is 26.3. The van der Waals surface area contributed by atoms with Gasteiger partial charge in [-0.25, -0.2) is 5.43 Å². The third-order valence-corrected chi connectivity index (χ3v) is 4.69. The topological polar surface area (TPSA) is 71.0 Å². The van der Waals surface area contributed by atoms with Crippen molar-refractivity contribution < 1.29 is 14.3 Å². The largest absolute Gasteiger partial charge is 0.494 e. The predicted octanol–water partition coefficient (Wildman–Crippen LogP) is 3.35. The van der Waals surface area contributed by atoms with Crippen molar-refractivity contribution in [2.24, 2.45) is 11.0 Å². The zero-order valence-corrected chi connectivity index (χ0v) is 16.5. The number of hydrogen-bond donors (Lipinski definition) is 1. The molecule has 0 saturated carbocycles. The molecule has 1 fully saturated rings. The average Bonchev–Trinajstić information content (AvgIpc) is 3.04. The Hall–Kier alpha value is -2.67. The number of hydrazone groups is 1. The molecule has 1 atom stereocenters. The lowest BCUT2D eigenvalue weighted by molar-refractivity contribution is -0.126. The fraction of sp³-hybridized carbons (Fsp3) is 0.250. The van der Waals surface area contributed by atoms with E-state index in [1.807, 2.05) is 55.5 Å². The molecule has 27 heavy (non-hydrogen) atoms. The zero-order valence-electron chi connectivity index (χ0n) is 14.9. The van der Waals surface area contributed by atoms with E-state index < -0.39 is 5.92 Å². The summed E-state index contributed by atoms with van der Waals surface area (Å²) in [6.07, 6.45) is 1.75. The number of carbonyl (C=O) groups excluding carboxylic acids is 2. The van der Waals surface area contributed by atoms with Crippen LogP contribution in [0.3, 0.4) is 0 Å². The highest BCUT2D eigenvalue weighted by atomic mass is 79.9. The van der Waals surface area contributed by atoms with Gasteiger partial charge in [0.2, 0.25) is 11.8 Å². The molecule has 2 amide bonds. The number of amides is 2. The molecule has 140 valence electrons. The highest BCUT2D eigenvalue weighted by Gasteiger charge is 2.35. The minimum absolute atomic E-state index is 0.0738. The van der Waals surface area contributed by atoms with E-state index in [2.05, 4.69) is 26.5 Å². The van der Waals surface area contributed by atoms with Gasteiger partial charge in [-0.3, -0.25) is 9.59 Å². The molecular weight excluding hydrogens is 410 g/mol. The standard InChI is InChI=1S/C20H20BrN3O3/c1-2-27-18-8-6-17(7-9-18)24-13-15(11-19(24)25)20(26)23-22-12-14-4-3-5-16(21)10-14/h3-10,12,15H,2,11,13H2,1H3,(H,23,26)/b22-12-/t15-/m1/s1. The highest BCUT2D eigenvalue weighted by molar-refractivity contribution is 9.10. The lowest BCUT2D eigenvalue weighted by Gasteiger charge is -2.17. The number of ether oxygens (including phenoxy) is 1. The quantitative estimate of drug-likeness (QED) is 0.565. The lowest BCUT2D eigenvalue weighted by atomic mass is 10.1. The van der Waals surface area contributed by atoms with Crippen LogP contribution in [0.1, 0.15) is 18.9 Å². The van der Waals surface area contributed by atoms with Crippen molar-refractivity contribution in [3.05, 3.63) is 58.6 Å². The second-order valence-corrected chi connectivity index (χ2v) is 7.04. The molecule has 0 spiro atoms. The molecule has 2 aromatic rings. The predicted molar refractivity (Wildman–Crippen MR) is 108 cm³/mol. The third-order valence-electron chi connectivity index (χ3n) is 4.19. The summed E-state index contributed by atoms with van der Waals surface area (Å²) in [5.74, 6) is -0.00823. The van der Waals surface area contributed by atoms with Crippen LogP contribution in [0, 0.1) is 5.92 Å².